The number of hydrogen-bond acceptors (Lipinski definition) is 2. The molecule has 5 nitrogen and oxygen atoms in total. The number of imidazole rings is 1. The number of fused-ring (bicyclic) bond motifs is 1. The molecule has 19 heavy (non-hydrogen) atoms. The molecule has 0 bridgehead atoms. The highest BCUT2D eigenvalue weighted by molar-refractivity contribution is 5.65. The Morgan fingerprint density at radius 2 is 2.32 bits per heavy atom. The van der Waals surface area contributed by atoms with Crippen molar-refractivity contribution in [2.75, 3.05) is 6.54 Å². The zero-order valence-corrected chi connectivity index (χ0v) is 10.7. The smallest absolute Gasteiger partial charge is 0.407 e. The monoisotopic (exact) mass is 259 g/mol. The Hall–Kier alpha value is -2.04. The maximum Gasteiger partial charge on any atom is 0.407 e. The van der Waals surface area contributed by atoms with Crippen LogP contribution in [0.15, 0.2) is 30.6 Å². The highest BCUT2D eigenvalue weighted by Gasteiger charge is 2.27. The Kier molecular flexibility index (Phi) is 3.11. The van der Waals surface area contributed by atoms with Gasteiger partial charge in [-0.3, -0.25) is 0 Å². The number of amides is 1. The molecule has 1 aliphatic rings. The molecule has 0 aliphatic carbocycles. The number of likely N-dealkylation sites (tertiary alicyclic amines) is 1. The van der Waals surface area contributed by atoms with E-state index in [-0.39, 0.29) is 6.04 Å². The highest BCUT2D eigenvalue weighted by atomic mass is 16.4. The first kappa shape index (κ1) is 12.0. The van der Waals surface area contributed by atoms with Crippen molar-refractivity contribution >= 4 is 11.7 Å². The lowest BCUT2D eigenvalue weighted by molar-refractivity contribution is 0.106. The summed E-state index contributed by atoms with van der Waals surface area (Å²) in [5, 5.41) is 9.23. The molecule has 0 aromatic carbocycles. The second-order valence-corrected chi connectivity index (χ2v) is 5.03. The Morgan fingerprint density at radius 1 is 1.42 bits per heavy atom. The molecule has 1 N–H and O–H groups in total. The zero-order valence-electron chi connectivity index (χ0n) is 10.7. The summed E-state index contributed by atoms with van der Waals surface area (Å²) in [5.41, 5.74) is 1.87. The van der Waals surface area contributed by atoms with Crippen LogP contribution in [0.25, 0.3) is 5.65 Å². The SMILES string of the molecule is O=C(O)N1CCCC[C@H]1Cc1cn2ccccc2n1. The standard InChI is InChI=1S/C14H17N3O2/c18-14(19)17-8-4-1-5-12(17)9-11-10-16-7-3-2-6-13(16)15-11/h2-3,6-7,10,12H,1,4-5,8-9H2,(H,18,19)/t12-/m0/s1. The van der Waals surface area contributed by atoms with Crippen LogP contribution in [0.4, 0.5) is 4.79 Å². The van der Waals surface area contributed by atoms with Gasteiger partial charge in [-0.05, 0) is 31.4 Å². The Balaban J connectivity index is 1.80. The molecule has 2 aromatic rings. The van der Waals surface area contributed by atoms with Crippen molar-refractivity contribution in [1.29, 1.82) is 0 Å². The lowest BCUT2D eigenvalue weighted by Gasteiger charge is -2.33. The number of carbonyl (C=O) groups is 1. The van der Waals surface area contributed by atoms with Gasteiger partial charge in [0.25, 0.3) is 0 Å². The van der Waals surface area contributed by atoms with Crippen LogP contribution < -0.4 is 0 Å². The minimum Gasteiger partial charge on any atom is -0.465 e. The number of aromatic nitrogens is 2. The summed E-state index contributed by atoms with van der Waals surface area (Å²) in [4.78, 5) is 17.3. The molecule has 3 heterocycles. The van der Waals surface area contributed by atoms with Gasteiger partial charge in [0.05, 0.1) is 5.69 Å². The number of pyridine rings is 1. The molecule has 5 heteroatoms. The summed E-state index contributed by atoms with van der Waals surface area (Å²) in [6.07, 6.45) is 6.84. The molecular formula is C14H17N3O2. The third-order valence-corrected chi connectivity index (χ3v) is 3.73. The molecule has 1 atom stereocenters. The molecule has 1 amide bonds. The van der Waals surface area contributed by atoms with E-state index in [1.54, 1.807) is 4.90 Å². The second kappa shape index (κ2) is 4.91. The summed E-state index contributed by atoms with van der Waals surface area (Å²) in [6.45, 7) is 0.646. The molecular weight excluding hydrogens is 242 g/mol. The van der Waals surface area contributed by atoms with Gasteiger partial charge in [0.1, 0.15) is 5.65 Å². The van der Waals surface area contributed by atoms with Crippen LogP contribution in [0.5, 0.6) is 0 Å². The summed E-state index contributed by atoms with van der Waals surface area (Å²) >= 11 is 0. The second-order valence-electron chi connectivity index (χ2n) is 5.03. The third-order valence-electron chi connectivity index (χ3n) is 3.73. The van der Waals surface area contributed by atoms with Crippen LogP contribution >= 0.6 is 0 Å². The number of carboxylic acid groups (broad SMARTS) is 1. The van der Waals surface area contributed by atoms with Gasteiger partial charge in [-0.15, -0.1) is 0 Å². The van der Waals surface area contributed by atoms with E-state index in [9.17, 15) is 9.90 Å². The van der Waals surface area contributed by atoms with Crippen molar-refractivity contribution in [3.05, 3.63) is 36.3 Å². The number of nitrogens with zero attached hydrogens (tertiary/aromatic N) is 3. The highest BCUT2D eigenvalue weighted by Crippen LogP contribution is 2.20. The van der Waals surface area contributed by atoms with Crippen LogP contribution in [0.3, 0.4) is 0 Å². The number of hydrogen-bond donors (Lipinski definition) is 1. The topological polar surface area (TPSA) is 57.8 Å². The van der Waals surface area contributed by atoms with Crippen molar-refractivity contribution in [3.63, 3.8) is 0 Å². The molecule has 2 aromatic heterocycles. The molecule has 100 valence electrons. The fraction of sp³-hybridized carbons (Fsp3) is 0.429. The van der Waals surface area contributed by atoms with E-state index in [1.807, 2.05) is 35.0 Å². The molecule has 0 spiro atoms. The van der Waals surface area contributed by atoms with Gasteiger partial charge in [0, 0.05) is 31.4 Å². The van der Waals surface area contributed by atoms with E-state index in [4.69, 9.17) is 0 Å². The van der Waals surface area contributed by atoms with Gasteiger partial charge >= 0.3 is 6.09 Å². The predicted octanol–water partition coefficient (Wildman–Crippen LogP) is 2.41. The number of rotatable bonds is 2. The van der Waals surface area contributed by atoms with E-state index in [0.29, 0.717) is 13.0 Å². The van der Waals surface area contributed by atoms with Crippen molar-refractivity contribution in [3.8, 4) is 0 Å². The van der Waals surface area contributed by atoms with Crippen molar-refractivity contribution in [1.82, 2.24) is 14.3 Å². The van der Waals surface area contributed by atoms with E-state index >= 15 is 0 Å². The Morgan fingerprint density at radius 3 is 3.11 bits per heavy atom. The molecule has 1 fully saturated rings. The van der Waals surface area contributed by atoms with Gasteiger partial charge in [0.2, 0.25) is 0 Å². The zero-order chi connectivity index (χ0) is 13.2. The lowest BCUT2D eigenvalue weighted by atomic mass is 9.99. The minimum absolute atomic E-state index is 0.0659. The average Bonchev–Trinajstić information content (AvgIpc) is 2.81. The van der Waals surface area contributed by atoms with E-state index in [1.165, 1.54) is 0 Å². The van der Waals surface area contributed by atoms with Crippen LogP contribution in [0.2, 0.25) is 0 Å². The molecule has 1 saturated heterocycles. The number of piperidine rings is 1. The first-order valence-electron chi connectivity index (χ1n) is 6.66. The molecule has 3 rings (SSSR count). The largest absolute Gasteiger partial charge is 0.465 e. The lowest BCUT2D eigenvalue weighted by Crippen LogP contribution is -2.44. The van der Waals surface area contributed by atoms with Crippen molar-refractivity contribution < 1.29 is 9.90 Å². The van der Waals surface area contributed by atoms with Crippen molar-refractivity contribution in [2.24, 2.45) is 0 Å². The minimum atomic E-state index is -0.812. The molecule has 0 unspecified atom stereocenters. The van der Waals surface area contributed by atoms with Crippen molar-refractivity contribution in [2.45, 2.75) is 31.7 Å². The quantitative estimate of drug-likeness (QED) is 0.901. The summed E-state index contributed by atoms with van der Waals surface area (Å²) in [7, 11) is 0. The first-order chi connectivity index (χ1) is 9.24. The average molecular weight is 259 g/mol. The fourth-order valence-corrected chi connectivity index (χ4v) is 2.79. The van der Waals surface area contributed by atoms with E-state index in [0.717, 1.165) is 30.6 Å². The Bertz CT molecular complexity index is 560. The van der Waals surface area contributed by atoms with E-state index < -0.39 is 6.09 Å². The molecule has 0 saturated carbocycles. The molecule has 1 aliphatic heterocycles. The van der Waals surface area contributed by atoms with Gasteiger partial charge in [0.15, 0.2) is 0 Å². The molecule has 0 radical (unpaired) electrons. The van der Waals surface area contributed by atoms with Crippen LogP contribution in [-0.2, 0) is 6.42 Å². The summed E-state index contributed by atoms with van der Waals surface area (Å²) in [5.74, 6) is 0. The summed E-state index contributed by atoms with van der Waals surface area (Å²) < 4.78 is 1.98. The van der Waals surface area contributed by atoms with Gasteiger partial charge in [-0.25, -0.2) is 9.78 Å². The predicted molar refractivity (Wildman–Crippen MR) is 71.3 cm³/mol. The van der Waals surface area contributed by atoms with Gasteiger partial charge in [-0.1, -0.05) is 6.07 Å². The van der Waals surface area contributed by atoms with Gasteiger partial charge < -0.3 is 14.4 Å². The van der Waals surface area contributed by atoms with E-state index in [2.05, 4.69) is 4.98 Å². The maximum atomic E-state index is 11.2. The maximum absolute atomic E-state index is 11.2. The van der Waals surface area contributed by atoms with Gasteiger partial charge in [-0.2, -0.15) is 0 Å². The fourth-order valence-electron chi connectivity index (χ4n) is 2.79. The first-order valence-corrected chi connectivity index (χ1v) is 6.66. The Labute approximate surface area is 111 Å². The third kappa shape index (κ3) is 2.41. The summed E-state index contributed by atoms with van der Waals surface area (Å²) in [6, 6.07) is 5.94. The normalized spacial score (nSPS) is 19.8. The van der Waals surface area contributed by atoms with Crippen LogP contribution in [0.1, 0.15) is 25.0 Å². The van der Waals surface area contributed by atoms with Crippen LogP contribution in [0, 0.1) is 0 Å². The van der Waals surface area contributed by atoms with Crippen LogP contribution in [-0.4, -0.2) is 38.1 Å².